The highest BCUT2D eigenvalue weighted by atomic mass is 14.5. The third kappa shape index (κ3) is 4.83. The predicted molar refractivity (Wildman–Crippen MR) is 63.0 cm³/mol. The van der Waals surface area contributed by atoms with Crippen LogP contribution in [-0.2, 0) is 0 Å². The second-order valence-corrected chi connectivity index (χ2v) is 3.45. The zero-order chi connectivity index (χ0) is 10.1. The molecule has 1 nitrogen and oxygen atoms in total. The van der Waals surface area contributed by atoms with Crippen LogP contribution < -0.4 is 5.73 Å². The van der Waals surface area contributed by atoms with E-state index in [-0.39, 0.29) is 0 Å². The fourth-order valence-corrected chi connectivity index (χ4v) is 1.37. The molecule has 0 saturated carbocycles. The second kappa shape index (κ2) is 7.34. The van der Waals surface area contributed by atoms with E-state index in [1.807, 2.05) is 6.07 Å². The number of benzene rings is 1. The molecule has 0 aliphatic heterocycles. The van der Waals surface area contributed by atoms with E-state index < -0.39 is 0 Å². The second-order valence-electron chi connectivity index (χ2n) is 3.45. The number of unbranched alkanes of at least 4 members (excludes halogenated alkanes) is 3. The summed E-state index contributed by atoms with van der Waals surface area (Å²) in [5.41, 5.74) is 6.70. The molecule has 0 amide bonds. The zero-order valence-corrected chi connectivity index (χ0v) is 8.65. The van der Waals surface area contributed by atoms with Crippen molar-refractivity contribution in [2.75, 3.05) is 6.54 Å². The predicted octanol–water partition coefficient (Wildman–Crippen LogP) is 3.22. The minimum atomic E-state index is 0.822. The Balaban J connectivity index is 2.15. The van der Waals surface area contributed by atoms with Crippen LogP contribution in [0.4, 0.5) is 0 Å². The van der Waals surface area contributed by atoms with E-state index in [9.17, 15) is 0 Å². The number of hydrogen-bond acceptors (Lipinski definition) is 1. The summed E-state index contributed by atoms with van der Waals surface area (Å²) in [6, 6.07) is 10.4. The van der Waals surface area contributed by atoms with Gasteiger partial charge in [-0.15, -0.1) is 0 Å². The monoisotopic (exact) mass is 189 g/mol. The Morgan fingerprint density at radius 3 is 2.50 bits per heavy atom. The fourth-order valence-electron chi connectivity index (χ4n) is 1.37. The van der Waals surface area contributed by atoms with Crippen molar-refractivity contribution in [1.29, 1.82) is 0 Å². The maximum absolute atomic E-state index is 5.42. The number of nitrogens with two attached hydrogens (primary N) is 1. The van der Waals surface area contributed by atoms with Gasteiger partial charge in [0.2, 0.25) is 0 Å². The highest BCUT2D eigenvalue weighted by molar-refractivity contribution is 5.48. The lowest BCUT2D eigenvalue weighted by atomic mass is 10.1. The average Bonchev–Trinajstić information content (AvgIpc) is 2.25. The first kappa shape index (κ1) is 11.0. The number of allylic oxidation sites excluding steroid dienone is 1. The van der Waals surface area contributed by atoms with Gasteiger partial charge in [-0.2, -0.15) is 0 Å². The summed E-state index contributed by atoms with van der Waals surface area (Å²) >= 11 is 0. The molecular formula is C13H19N. The first-order valence-electron chi connectivity index (χ1n) is 5.35. The number of rotatable bonds is 6. The lowest BCUT2D eigenvalue weighted by molar-refractivity contribution is 0.696. The molecule has 14 heavy (non-hydrogen) atoms. The summed E-state index contributed by atoms with van der Waals surface area (Å²) < 4.78 is 0. The molecule has 2 N–H and O–H groups in total. The average molecular weight is 189 g/mol. The Morgan fingerprint density at radius 2 is 1.79 bits per heavy atom. The third-order valence-corrected chi connectivity index (χ3v) is 2.18. The van der Waals surface area contributed by atoms with Gasteiger partial charge in [-0.1, -0.05) is 48.9 Å². The Hall–Kier alpha value is -1.08. The van der Waals surface area contributed by atoms with Crippen LogP contribution in [0.1, 0.15) is 31.2 Å². The van der Waals surface area contributed by atoms with Crippen LogP contribution in [0, 0.1) is 0 Å². The molecule has 1 aromatic carbocycles. The van der Waals surface area contributed by atoms with Crippen molar-refractivity contribution >= 4 is 6.08 Å². The topological polar surface area (TPSA) is 26.0 Å². The Morgan fingerprint density at radius 1 is 1.00 bits per heavy atom. The summed E-state index contributed by atoms with van der Waals surface area (Å²) in [5.74, 6) is 0. The van der Waals surface area contributed by atoms with Gasteiger partial charge < -0.3 is 5.73 Å². The van der Waals surface area contributed by atoms with Gasteiger partial charge in [-0.3, -0.25) is 0 Å². The molecule has 0 aliphatic rings. The quantitative estimate of drug-likeness (QED) is 0.683. The summed E-state index contributed by atoms with van der Waals surface area (Å²) in [4.78, 5) is 0. The molecule has 0 fully saturated rings. The summed E-state index contributed by atoms with van der Waals surface area (Å²) in [6.07, 6.45) is 9.23. The maximum Gasteiger partial charge on any atom is -0.00773 e. The van der Waals surface area contributed by atoms with E-state index in [1.165, 1.54) is 18.4 Å². The van der Waals surface area contributed by atoms with Crippen LogP contribution in [0.2, 0.25) is 0 Å². The Labute approximate surface area is 86.6 Å². The molecule has 0 aliphatic carbocycles. The highest BCUT2D eigenvalue weighted by Gasteiger charge is 1.85. The molecule has 0 atom stereocenters. The first-order chi connectivity index (χ1) is 6.93. The van der Waals surface area contributed by atoms with Crippen LogP contribution in [0.15, 0.2) is 36.4 Å². The Bertz CT molecular complexity index is 251. The lowest BCUT2D eigenvalue weighted by Crippen LogP contribution is -1.97. The molecule has 0 unspecified atom stereocenters. The van der Waals surface area contributed by atoms with E-state index >= 15 is 0 Å². The summed E-state index contributed by atoms with van der Waals surface area (Å²) in [6.45, 7) is 0.822. The van der Waals surface area contributed by atoms with E-state index in [0.29, 0.717) is 0 Å². The molecular weight excluding hydrogens is 170 g/mol. The van der Waals surface area contributed by atoms with E-state index in [4.69, 9.17) is 5.73 Å². The maximum atomic E-state index is 5.42. The van der Waals surface area contributed by atoms with Crippen molar-refractivity contribution in [2.45, 2.75) is 25.7 Å². The van der Waals surface area contributed by atoms with Crippen LogP contribution >= 0.6 is 0 Å². The van der Waals surface area contributed by atoms with E-state index in [0.717, 1.165) is 19.4 Å². The Kier molecular flexibility index (Phi) is 5.76. The molecule has 1 aromatic rings. The van der Waals surface area contributed by atoms with Gasteiger partial charge in [0.05, 0.1) is 0 Å². The van der Waals surface area contributed by atoms with Gasteiger partial charge in [0.25, 0.3) is 0 Å². The van der Waals surface area contributed by atoms with Crippen molar-refractivity contribution in [2.24, 2.45) is 5.73 Å². The van der Waals surface area contributed by atoms with Crippen LogP contribution in [0.25, 0.3) is 6.08 Å². The minimum absolute atomic E-state index is 0.822. The van der Waals surface area contributed by atoms with Crippen molar-refractivity contribution in [3.8, 4) is 0 Å². The minimum Gasteiger partial charge on any atom is -0.330 e. The van der Waals surface area contributed by atoms with Crippen molar-refractivity contribution in [3.05, 3.63) is 42.0 Å². The molecule has 1 rings (SSSR count). The van der Waals surface area contributed by atoms with E-state index in [2.05, 4.69) is 36.4 Å². The van der Waals surface area contributed by atoms with Crippen molar-refractivity contribution in [3.63, 3.8) is 0 Å². The molecule has 1 heteroatoms. The van der Waals surface area contributed by atoms with Crippen molar-refractivity contribution < 1.29 is 0 Å². The largest absolute Gasteiger partial charge is 0.330 e. The molecule has 76 valence electrons. The zero-order valence-electron chi connectivity index (χ0n) is 8.65. The van der Waals surface area contributed by atoms with Crippen LogP contribution in [0.5, 0.6) is 0 Å². The van der Waals surface area contributed by atoms with Gasteiger partial charge in [0, 0.05) is 0 Å². The third-order valence-electron chi connectivity index (χ3n) is 2.18. The van der Waals surface area contributed by atoms with Gasteiger partial charge in [-0.05, 0) is 31.4 Å². The smallest absolute Gasteiger partial charge is 0.00773 e. The summed E-state index contributed by atoms with van der Waals surface area (Å²) in [5, 5.41) is 0. The number of hydrogen-bond donors (Lipinski definition) is 1. The molecule has 0 radical (unpaired) electrons. The van der Waals surface area contributed by atoms with Crippen LogP contribution in [-0.4, -0.2) is 6.54 Å². The fraction of sp³-hybridized carbons (Fsp3) is 0.385. The molecule has 0 saturated heterocycles. The van der Waals surface area contributed by atoms with E-state index in [1.54, 1.807) is 0 Å². The molecule has 0 bridgehead atoms. The van der Waals surface area contributed by atoms with Crippen molar-refractivity contribution in [1.82, 2.24) is 0 Å². The molecule has 0 heterocycles. The lowest BCUT2D eigenvalue weighted by Gasteiger charge is -1.94. The summed E-state index contributed by atoms with van der Waals surface area (Å²) in [7, 11) is 0. The van der Waals surface area contributed by atoms with Gasteiger partial charge in [0.1, 0.15) is 0 Å². The molecule has 0 aromatic heterocycles. The van der Waals surface area contributed by atoms with Gasteiger partial charge >= 0.3 is 0 Å². The standard InChI is InChI=1S/C13H19N/c14-12-8-3-1-2-5-9-13-10-6-4-7-11-13/h4-7,9-11H,1-3,8,12,14H2. The highest BCUT2D eigenvalue weighted by Crippen LogP contribution is 2.04. The SMILES string of the molecule is NCCCCCC=Cc1ccccc1. The van der Waals surface area contributed by atoms with Crippen LogP contribution in [0.3, 0.4) is 0 Å². The van der Waals surface area contributed by atoms with Gasteiger partial charge in [0.15, 0.2) is 0 Å². The normalized spacial score (nSPS) is 10.9. The first-order valence-corrected chi connectivity index (χ1v) is 5.35. The molecule has 0 spiro atoms. The van der Waals surface area contributed by atoms with Gasteiger partial charge in [-0.25, -0.2) is 0 Å².